The molecule has 80 heavy (non-hydrogen) atoms. The topological polar surface area (TPSA) is 6.48 Å². The van der Waals surface area contributed by atoms with E-state index in [-0.39, 0.29) is 0 Å². The zero-order chi connectivity index (χ0) is 53.4. The van der Waals surface area contributed by atoms with Crippen LogP contribution < -0.4 is 9.80 Å². The van der Waals surface area contributed by atoms with Crippen LogP contribution in [0.25, 0.3) is 66.4 Å². The van der Waals surface area contributed by atoms with Crippen LogP contribution in [0.3, 0.4) is 0 Å². The third-order valence-corrected chi connectivity index (χ3v) is 16.3. The van der Waals surface area contributed by atoms with E-state index in [9.17, 15) is 0 Å². The summed E-state index contributed by atoms with van der Waals surface area (Å²) in [5.74, 6) is 0. The summed E-state index contributed by atoms with van der Waals surface area (Å²) in [7, 11) is 0. The van der Waals surface area contributed by atoms with Gasteiger partial charge in [-0.25, -0.2) is 0 Å². The van der Waals surface area contributed by atoms with Gasteiger partial charge in [0.15, 0.2) is 0 Å². The van der Waals surface area contributed by atoms with Gasteiger partial charge in [-0.2, -0.15) is 0 Å². The highest BCUT2D eigenvalue weighted by Crippen LogP contribution is 2.58. The van der Waals surface area contributed by atoms with Crippen molar-refractivity contribution in [2.24, 2.45) is 0 Å². The first-order chi connectivity index (χ1) is 39.6. The highest BCUT2D eigenvalue weighted by Gasteiger charge is 2.47. The van der Waals surface area contributed by atoms with Crippen molar-refractivity contribution >= 4 is 44.9 Å². The van der Waals surface area contributed by atoms with E-state index in [0.717, 1.165) is 56.4 Å². The fraction of sp³-hybridized carbons (Fsp3) is 0.0256. The zero-order valence-corrected chi connectivity index (χ0v) is 44.5. The average molecular weight is 1020 g/mol. The van der Waals surface area contributed by atoms with E-state index in [1.165, 1.54) is 72.0 Å². The van der Waals surface area contributed by atoms with E-state index < -0.39 is 5.41 Å². The molecule has 0 bridgehead atoms. The second-order valence-corrected chi connectivity index (χ2v) is 20.8. The molecule has 0 atom stereocenters. The third kappa shape index (κ3) is 8.38. The summed E-state index contributed by atoms with van der Waals surface area (Å²) < 4.78 is 0. The van der Waals surface area contributed by atoms with Crippen molar-refractivity contribution in [1.29, 1.82) is 0 Å². The molecule has 13 aromatic rings. The van der Waals surface area contributed by atoms with Crippen molar-refractivity contribution in [3.8, 4) is 55.6 Å². The Kier molecular flexibility index (Phi) is 12.4. The van der Waals surface area contributed by atoms with Crippen LogP contribution in [-0.2, 0) is 5.41 Å². The van der Waals surface area contributed by atoms with Crippen LogP contribution in [0.1, 0.15) is 27.8 Å². The van der Waals surface area contributed by atoms with Crippen LogP contribution in [0, 0.1) is 6.92 Å². The molecule has 0 unspecified atom stereocenters. The maximum Gasteiger partial charge on any atom is 0.0714 e. The molecule has 0 N–H and O–H groups in total. The Morgan fingerprint density at radius 2 is 0.662 bits per heavy atom. The number of para-hydroxylation sites is 2. The number of benzene rings is 13. The molecule has 14 rings (SSSR count). The van der Waals surface area contributed by atoms with Crippen molar-refractivity contribution in [3.05, 3.63) is 349 Å². The summed E-state index contributed by atoms with van der Waals surface area (Å²) in [6, 6.07) is 118. The van der Waals surface area contributed by atoms with Gasteiger partial charge >= 0.3 is 0 Å². The zero-order valence-electron chi connectivity index (χ0n) is 44.5. The number of aryl methyl sites for hydroxylation is 1. The van der Waals surface area contributed by atoms with Gasteiger partial charge in [-0.1, -0.05) is 243 Å². The fourth-order valence-electron chi connectivity index (χ4n) is 12.6. The maximum atomic E-state index is 2.46. The lowest BCUT2D eigenvalue weighted by Crippen LogP contribution is -2.28. The summed E-state index contributed by atoms with van der Waals surface area (Å²) in [6.07, 6.45) is 0. The minimum absolute atomic E-state index is 0.528. The largest absolute Gasteiger partial charge is 0.310 e. The monoisotopic (exact) mass is 1020 g/mol. The molecule has 2 nitrogen and oxygen atoms in total. The molecule has 0 saturated heterocycles. The smallest absolute Gasteiger partial charge is 0.0714 e. The first-order valence-corrected chi connectivity index (χ1v) is 27.7. The molecule has 13 aromatic carbocycles. The Bertz CT molecular complexity index is 4270. The van der Waals surface area contributed by atoms with Gasteiger partial charge in [-0.3, -0.25) is 0 Å². The number of anilines is 6. The average Bonchev–Trinajstić information content (AvgIpc) is 3.90. The summed E-state index contributed by atoms with van der Waals surface area (Å²) in [5, 5.41) is 2.42. The van der Waals surface area contributed by atoms with E-state index >= 15 is 0 Å². The first kappa shape index (κ1) is 48.1. The normalized spacial score (nSPS) is 12.2. The van der Waals surface area contributed by atoms with Gasteiger partial charge in [0.25, 0.3) is 0 Å². The maximum absolute atomic E-state index is 2.46. The summed E-state index contributed by atoms with van der Waals surface area (Å²) in [5.41, 5.74) is 24.3. The van der Waals surface area contributed by atoms with Crippen LogP contribution in [0.5, 0.6) is 0 Å². The van der Waals surface area contributed by atoms with Crippen molar-refractivity contribution < 1.29 is 0 Å². The molecule has 1 aliphatic carbocycles. The summed E-state index contributed by atoms with van der Waals surface area (Å²) in [6.45, 7) is 2.26. The lowest BCUT2D eigenvalue weighted by Gasteiger charge is -2.35. The molecule has 1 aliphatic rings. The van der Waals surface area contributed by atoms with Gasteiger partial charge in [0.05, 0.1) is 11.1 Å². The molecular weight excluding hydrogens is 965 g/mol. The van der Waals surface area contributed by atoms with Crippen LogP contribution in [0.15, 0.2) is 322 Å². The molecule has 0 saturated carbocycles. The van der Waals surface area contributed by atoms with E-state index in [4.69, 9.17) is 0 Å². The van der Waals surface area contributed by atoms with Gasteiger partial charge in [-0.15, -0.1) is 0 Å². The fourth-order valence-corrected chi connectivity index (χ4v) is 12.6. The number of rotatable bonds is 12. The molecule has 0 aliphatic heterocycles. The minimum atomic E-state index is -0.528. The van der Waals surface area contributed by atoms with Gasteiger partial charge < -0.3 is 9.80 Å². The van der Waals surface area contributed by atoms with Crippen LogP contribution in [0.2, 0.25) is 0 Å². The molecule has 0 amide bonds. The Balaban J connectivity index is 0.904. The van der Waals surface area contributed by atoms with Gasteiger partial charge in [0.1, 0.15) is 0 Å². The lowest BCUT2D eigenvalue weighted by atomic mass is 9.67. The second kappa shape index (κ2) is 20.6. The van der Waals surface area contributed by atoms with Crippen LogP contribution in [0.4, 0.5) is 34.1 Å². The molecule has 0 fully saturated rings. The van der Waals surface area contributed by atoms with Crippen molar-refractivity contribution in [2.75, 3.05) is 9.80 Å². The van der Waals surface area contributed by atoms with Gasteiger partial charge in [0, 0.05) is 33.8 Å². The minimum Gasteiger partial charge on any atom is -0.310 e. The van der Waals surface area contributed by atoms with Gasteiger partial charge in [0.2, 0.25) is 0 Å². The SMILES string of the molecule is Cc1cccc2c1-c1ccc(N(c3ccccc3)c3ccc(-c4cc(-c5ccccc5)c(-c5ccc(N(c6ccccc6)c6cccc7ccccc67)cc5)cc4-c4ccccc4)cc3)cc1C2(c1ccccc1)c1ccccc1. The summed E-state index contributed by atoms with van der Waals surface area (Å²) in [4.78, 5) is 4.79. The summed E-state index contributed by atoms with van der Waals surface area (Å²) >= 11 is 0. The molecule has 2 heteroatoms. The van der Waals surface area contributed by atoms with Crippen LogP contribution >= 0.6 is 0 Å². The first-order valence-electron chi connectivity index (χ1n) is 27.7. The van der Waals surface area contributed by atoms with E-state index in [1.54, 1.807) is 0 Å². The standard InChI is InChI=1S/C78H56N2/c1-55-24-22-40-74-77(55)69-51-50-67(52-75(69)78(74,61-31-12-4-13-32-61)62-33-14-5-15-34-62)79(63-35-16-6-17-36-63)65-46-42-59(43-47-65)72-53-71(58-27-10-3-11-28-58)73(54-70(72)57-25-8-2-9-26-57)60-44-48-66(49-45-60)80(64-37-18-7-19-38-64)76-41-23-30-56-29-20-21-39-68(56)76/h2-54H,1H3. The third-order valence-electron chi connectivity index (χ3n) is 16.3. The number of nitrogens with zero attached hydrogens (tertiary/aromatic N) is 2. The molecule has 378 valence electrons. The Labute approximate surface area is 469 Å². The highest BCUT2D eigenvalue weighted by atomic mass is 15.1. The molecule has 0 radical (unpaired) electrons. The van der Waals surface area contributed by atoms with E-state index in [1.807, 2.05) is 0 Å². The predicted molar refractivity (Wildman–Crippen MR) is 337 cm³/mol. The van der Waals surface area contributed by atoms with E-state index in [2.05, 4.69) is 338 Å². The van der Waals surface area contributed by atoms with Gasteiger partial charge in [-0.05, 0) is 175 Å². The van der Waals surface area contributed by atoms with Crippen molar-refractivity contribution in [2.45, 2.75) is 12.3 Å². The second-order valence-electron chi connectivity index (χ2n) is 20.8. The van der Waals surface area contributed by atoms with Crippen LogP contribution in [-0.4, -0.2) is 0 Å². The van der Waals surface area contributed by atoms with E-state index in [0.29, 0.717) is 0 Å². The predicted octanol–water partition coefficient (Wildman–Crippen LogP) is 21.1. The molecule has 0 heterocycles. The van der Waals surface area contributed by atoms with Crippen molar-refractivity contribution in [1.82, 2.24) is 0 Å². The Morgan fingerprint density at radius 1 is 0.263 bits per heavy atom. The molecular formula is C78H56N2. The number of hydrogen-bond acceptors (Lipinski definition) is 2. The Morgan fingerprint density at radius 3 is 1.20 bits per heavy atom. The number of hydrogen-bond donors (Lipinski definition) is 0. The lowest BCUT2D eigenvalue weighted by molar-refractivity contribution is 0.768. The van der Waals surface area contributed by atoms with Crippen molar-refractivity contribution in [3.63, 3.8) is 0 Å². The highest BCUT2D eigenvalue weighted by molar-refractivity contribution is 6.00. The molecule has 0 aromatic heterocycles. The Hall–Kier alpha value is -10.3. The molecule has 0 spiro atoms. The number of fused-ring (bicyclic) bond motifs is 4. The quantitative estimate of drug-likeness (QED) is 0.120.